The molecular formula is C21H14N4OS. The van der Waals surface area contributed by atoms with Gasteiger partial charge in [0.15, 0.2) is 5.16 Å². The highest BCUT2D eigenvalue weighted by Crippen LogP contribution is 2.27. The Bertz CT molecular complexity index is 1240. The van der Waals surface area contributed by atoms with Crippen LogP contribution in [0.1, 0.15) is 5.56 Å². The number of hydrogen-bond acceptors (Lipinski definition) is 5. The van der Waals surface area contributed by atoms with Crippen molar-refractivity contribution in [1.82, 2.24) is 15.0 Å². The lowest BCUT2D eigenvalue weighted by atomic mass is 10.0. The van der Waals surface area contributed by atoms with Gasteiger partial charge in [-0.05, 0) is 18.4 Å². The van der Waals surface area contributed by atoms with Crippen molar-refractivity contribution in [3.8, 4) is 28.6 Å². The fraction of sp³-hybridized carbons (Fsp3) is 0.0476. The second kappa shape index (κ2) is 7.06. The standard InChI is InChI=1S/C21H14N4OS/c1-27-21-24-19(16(12-22)20(26)25-21)15-8-7-14-9-10-17(23-18(14)11-15)13-5-3-2-4-6-13/h2-11H,1H3,(H,24,25,26). The molecular weight excluding hydrogens is 356 g/mol. The van der Waals surface area contributed by atoms with E-state index in [1.54, 1.807) is 0 Å². The summed E-state index contributed by atoms with van der Waals surface area (Å²) in [6.07, 6.45) is 1.82. The lowest BCUT2D eigenvalue weighted by Gasteiger charge is -2.08. The topological polar surface area (TPSA) is 82.4 Å². The maximum Gasteiger partial charge on any atom is 0.270 e. The highest BCUT2D eigenvalue weighted by Gasteiger charge is 2.14. The Morgan fingerprint density at radius 3 is 2.52 bits per heavy atom. The second-order valence-electron chi connectivity index (χ2n) is 5.88. The van der Waals surface area contributed by atoms with Crippen LogP contribution in [0.3, 0.4) is 0 Å². The van der Waals surface area contributed by atoms with Gasteiger partial charge in [0.05, 0.1) is 16.9 Å². The summed E-state index contributed by atoms with van der Waals surface area (Å²) in [5, 5.41) is 10.8. The molecule has 0 atom stereocenters. The van der Waals surface area contributed by atoms with Gasteiger partial charge in [0.2, 0.25) is 0 Å². The molecule has 0 radical (unpaired) electrons. The lowest BCUT2D eigenvalue weighted by molar-refractivity contribution is 0.938. The third-order valence-electron chi connectivity index (χ3n) is 4.24. The van der Waals surface area contributed by atoms with E-state index >= 15 is 0 Å². The van der Waals surface area contributed by atoms with Gasteiger partial charge in [-0.25, -0.2) is 9.97 Å². The number of thioether (sulfide) groups is 1. The van der Waals surface area contributed by atoms with E-state index in [0.29, 0.717) is 16.4 Å². The number of benzene rings is 2. The molecule has 0 bridgehead atoms. The van der Waals surface area contributed by atoms with E-state index in [0.717, 1.165) is 22.2 Å². The normalized spacial score (nSPS) is 10.7. The van der Waals surface area contributed by atoms with E-state index in [-0.39, 0.29) is 5.56 Å². The molecule has 0 saturated carbocycles. The van der Waals surface area contributed by atoms with Gasteiger partial charge >= 0.3 is 0 Å². The van der Waals surface area contributed by atoms with Crippen molar-refractivity contribution < 1.29 is 0 Å². The minimum absolute atomic E-state index is 0.00589. The monoisotopic (exact) mass is 370 g/mol. The Balaban J connectivity index is 1.90. The Hall–Kier alpha value is -3.43. The molecule has 1 N–H and O–H groups in total. The van der Waals surface area contributed by atoms with Crippen LogP contribution in [0.15, 0.2) is 70.6 Å². The van der Waals surface area contributed by atoms with Crippen LogP contribution in [-0.4, -0.2) is 21.2 Å². The largest absolute Gasteiger partial charge is 0.300 e. The second-order valence-corrected chi connectivity index (χ2v) is 6.68. The van der Waals surface area contributed by atoms with Crippen molar-refractivity contribution in [2.24, 2.45) is 0 Å². The van der Waals surface area contributed by atoms with Gasteiger partial charge < -0.3 is 4.98 Å². The maximum absolute atomic E-state index is 12.2. The van der Waals surface area contributed by atoms with Crippen LogP contribution < -0.4 is 5.56 Å². The summed E-state index contributed by atoms with van der Waals surface area (Å²) >= 11 is 1.32. The number of H-pyrrole nitrogens is 1. The first-order valence-corrected chi connectivity index (χ1v) is 9.47. The molecule has 0 unspecified atom stereocenters. The molecule has 2 aromatic carbocycles. The molecule has 2 heterocycles. The van der Waals surface area contributed by atoms with Crippen molar-refractivity contribution in [3.63, 3.8) is 0 Å². The molecule has 27 heavy (non-hydrogen) atoms. The average molecular weight is 370 g/mol. The van der Waals surface area contributed by atoms with Crippen LogP contribution >= 0.6 is 11.8 Å². The van der Waals surface area contributed by atoms with Crippen LogP contribution in [0.5, 0.6) is 0 Å². The van der Waals surface area contributed by atoms with E-state index in [4.69, 9.17) is 4.98 Å². The van der Waals surface area contributed by atoms with Crippen LogP contribution in [-0.2, 0) is 0 Å². The van der Waals surface area contributed by atoms with Gasteiger partial charge in [0, 0.05) is 16.5 Å². The van der Waals surface area contributed by atoms with Crippen molar-refractivity contribution in [2.45, 2.75) is 5.16 Å². The molecule has 0 saturated heterocycles. The van der Waals surface area contributed by atoms with E-state index in [1.165, 1.54) is 11.8 Å². The van der Waals surface area contributed by atoms with Crippen molar-refractivity contribution >= 4 is 22.7 Å². The van der Waals surface area contributed by atoms with E-state index in [9.17, 15) is 10.1 Å². The summed E-state index contributed by atoms with van der Waals surface area (Å²) in [7, 11) is 0. The Morgan fingerprint density at radius 2 is 1.78 bits per heavy atom. The van der Waals surface area contributed by atoms with Gasteiger partial charge in [0.25, 0.3) is 5.56 Å². The Labute approximate surface area is 159 Å². The molecule has 4 aromatic rings. The summed E-state index contributed by atoms with van der Waals surface area (Å²) in [6.45, 7) is 0. The Kier molecular flexibility index (Phi) is 4.45. The number of aromatic amines is 1. The van der Waals surface area contributed by atoms with Gasteiger partial charge in [-0.3, -0.25) is 4.79 Å². The predicted molar refractivity (Wildman–Crippen MR) is 108 cm³/mol. The summed E-state index contributed by atoms with van der Waals surface area (Å²) in [6, 6.07) is 21.5. The first-order valence-electron chi connectivity index (χ1n) is 8.24. The number of aromatic nitrogens is 3. The highest BCUT2D eigenvalue weighted by atomic mass is 32.2. The average Bonchev–Trinajstić information content (AvgIpc) is 2.73. The lowest BCUT2D eigenvalue weighted by Crippen LogP contribution is -2.14. The number of fused-ring (bicyclic) bond motifs is 1. The quantitative estimate of drug-likeness (QED) is 0.431. The molecule has 4 rings (SSSR count). The van der Waals surface area contributed by atoms with Crippen LogP contribution in [0.25, 0.3) is 33.4 Å². The maximum atomic E-state index is 12.2. The van der Waals surface area contributed by atoms with E-state index in [1.807, 2.05) is 73.0 Å². The molecule has 2 aromatic heterocycles. The third kappa shape index (κ3) is 3.21. The van der Waals surface area contributed by atoms with Crippen LogP contribution in [0.4, 0.5) is 0 Å². The summed E-state index contributed by atoms with van der Waals surface area (Å²) in [4.78, 5) is 24.0. The molecule has 5 nitrogen and oxygen atoms in total. The predicted octanol–water partition coefficient (Wildman–Crippen LogP) is 4.25. The molecule has 0 fully saturated rings. The smallest absolute Gasteiger partial charge is 0.270 e. The third-order valence-corrected chi connectivity index (χ3v) is 4.82. The highest BCUT2D eigenvalue weighted by molar-refractivity contribution is 7.98. The Morgan fingerprint density at radius 1 is 1.00 bits per heavy atom. The molecule has 130 valence electrons. The zero-order chi connectivity index (χ0) is 18.8. The van der Waals surface area contributed by atoms with Gasteiger partial charge in [-0.2, -0.15) is 5.26 Å². The number of pyridine rings is 1. The van der Waals surface area contributed by atoms with Gasteiger partial charge in [0.1, 0.15) is 11.6 Å². The van der Waals surface area contributed by atoms with Crippen LogP contribution in [0.2, 0.25) is 0 Å². The zero-order valence-corrected chi connectivity index (χ0v) is 15.2. The SMILES string of the molecule is CSc1nc(-c2ccc3ccc(-c4ccccc4)nc3c2)c(C#N)c(=O)[nH]1. The van der Waals surface area contributed by atoms with Crippen LogP contribution in [0, 0.1) is 11.3 Å². The number of nitrogens with one attached hydrogen (secondary N) is 1. The van der Waals surface area contributed by atoms with Gasteiger partial charge in [-0.1, -0.05) is 60.3 Å². The molecule has 0 amide bonds. The first kappa shape index (κ1) is 17.0. The van der Waals surface area contributed by atoms with Crippen molar-refractivity contribution in [1.29, 1.82) is 5.26 Å². The van der Waals surface area contributed by atoms with E-state index in [2.05, 4.69) is 9.97 Å². The molecule has 0 aliphatic heterocycles. The van der Waals surface area contributed by atoms with Gasteiger partial charge in [-0.15, -0.1) is 0 Å². The van der Waals surface area contributed by atoms with Crippen molar-refractivity contribution in [2.75, 3.05) is 6.26 Å². The fourth-order valence-electron chi connectivity index (χ4n) is 2.90. The number of rotatable bonds is 3. The molecule has 0 aliphatic carbocycles. The fourth-order valence-corrected chi connectivity index (χ4v) is 3.27. The molecule has 0 spiro atoms. The van der Waals surface area contributed by atoms with Crippen molar-refractivity contribution in [3.05, 3.63) is 76.6 Å². The summed E-state index contributed by atoms with van der Waals surface area (Å²) in [5.74, 6) is 0. The first-order chi connectivity index (χ1) is 13.2. The molecule has 6 heteroatoms. The number of nitrogens with zero attached hydrogens (tertiary/aromatic N) is 3. The van der Waals surface area contributed by atoms with E-state index < -0.39 is 5.56 Å². The summed E-state index contributed by atoms with van der Waals surface area (Å²) in [5.41, 5.74) is 3.32. The number of hydrogen-bond donors (Lipinski definition) is 1. The summed E-state index contributed by atoms with van der Waals surface area (Å²) < 4.78 is 0. The minimum atomic E-state index is -0.432. The zero-order valence-electron chi connectivity index (χ0n) is 14.4. The minimum Gasteiger partial charge on any atom is -0.300 e. The molecule has 0 aliphatic rings. The number of nitriles is 1.